The van der Waals surface area contributed by atoms with Crippen LogP contribution in [0.5, 0.6) is 0 Å². The van der Waals surface area contributed by atoms with Crippen LogP contribution in [0.2, 0.25) is 0 Å². The molecule has 4 rings (SSSR count). The lowest BCUT2D eigenvalue weighted by atomic mass is 9.71. The molecule has 0 radical (unpaired) electrons. The van der Waals surface area contributed by atoms with E-state index in [4.69, 9.17) is 9.47 Å². The van der Waals surface area contributed by atoms with Gasteiger partial charge in [0.25, 0.3) is 0 Å². The predicted molar refractivity (Wildman–Crippen MR) is 98.7 cm³/mol. The van der Waals surface area contributed by atoms with Crippen LogP contribution in [0.4, 0.5) is 4.39 Å². The lowest BCUT2D eigenvalue weighted by Crippen LogP contribution is -2.66. The highest BCUT2D eigenvalue weighted by Gasteiger charge is 2.60. The van der Waals surface area contributed by atoms with Gasteiger partial charge in [-0.2, -0.15) is 0 Å². The second-order valence-corrected chi connectivity index (χ2v) is 10.4. The topological polar surface area (TPSA) is 30.5 Å². The molecule has 0 amide bonds. The molecule has 1 saturated carbocycles. The van der Waals surface area contributed by atoms with Gasteiger partial charge in [0.2, 0.25) is 0 Å². The van der Waals surface area contributed by atoms with Gasteiger partial charge in [-0.05, 0) is 44.4 Å². The monoisotopic (exact) mass is 365 g/mol. The third kappa shape index (κ3) is 2.66. The number of benzene rings is 1. The minimum atomic E-state index is -0.677. The molecule has 0 unspecified atom stereocenters. The Kier molecular flexibility index (Phi) is 4.04. The first kappa shape index (κ1) is 17.8. The SMILES string of the molecule is CC1(C)COC2(CCCC[C@]23NSC(C)(C)c2cc3ccc2F)OC1. The van der Waals surface area contributed by atoms with Gasteiger partial charge < -0.3 is 9.47 Å². The number of rotatable bonds is 0. The summed E-state index contributed by atoms with van der Waals surface area (Å²) in [4.78, 5) is 0. The number of hydrogen-bond acceptors (Lipinski definition) is 4. The maximum Gasteiger partial charge on any atom is 0.191 e. The summed E-state index contributed by atoms with van der Waals surface area (Å²) in [6, 6.07) is 5.55. The molecule has 1 aliphatic carbocycles. The van der Waals surface area contributed by atoms with Gasteiger partial charge in [0.15, 0.2) is 5.79 Å². The Morgan fingerprint density at radius 2 is 1.72 bits per heavy atom. The van der Waals surface area contributed by atoms with Crippen LogP contribution < -0.4 is 4.72 Å². The molecule has 2 fully saturated rings. The summed E-state index contributed by atoms with van der Waals surface area (Å²) >= 11 is 1.59. The van der Waals surface area contributed by atoms with E-state index < -0.39 is 11.3 Å². The van der Waals surface area contributed by atoms with E-state index in [-0.39, 0.29) is 16.0 Å². The van der Waals surface area contributed by atoms with Gasteiger partial charge in [0, 0.05) is 17.4 Å². The highest BCUT2D eigenvalue weighted by atomic mass is 32.2. The number of halogens is 1. The molecule has 1 aromatic rings. The quantitative estimate of drug-likeness (QED) is 0.666. The molecule has 1 saturated heterocycles. The Balaban J connectivity index is 1.83. The van der Waals surface area contributed by atoms with Crippen LogP contribution in [0.15, 0.2) is 18.2 Å². The number of hydrogen-bond donors (Lipinski definition) is 1. The fourth-order valence-corrected chi connectivity index (χ4v) is 5.39. The molecule has 2 aliphatic heterocycles. The van der Waals surface area contributed by atoms with E-state index in [0.717, 1.165) is 36.8 Å². The summed E-state index contributed by atoms with van der Waals surface area (Å²) in [7, 11) is 0. The Morgan fingerprint density at radius 1 is 1.04 bits per heavy atom. The highest BCUT2D eigenvalue weighted by molar-refractivity contribution is 7.98. The molecule has 138 valence electrons. The van der Waals surface area contributed by atoms with Crippen LogP contribution >= 0.6 is 11.9 Å². The van der Waals surface area contributed by atoms with Gasteiger partial charge in [-0.25, -0.2) is 9.11 Å². The van der Waals surface area contributed by atoms with Crippen molar-refractivity contribution in [2.45, 2.75) is 69.5 Å². The average Bonchev–Trinajstić information content (AvgIpc) is 2.65. The van der Waals surface area contributed by atoms with Gasteiger partial charge in [0.05, 0.1) is 18.0 Å². The molecule has 1 N–H and O–H groups in total. The van der Waals surface area contributed by atoms with Crippen molar-refractivity contribution in [2.24, 2.45) is 5.41 Å². The van der Waals surface area contributed by atoms with Crippen molar-refractivity contribution in [1.82, 2.24) is 4.72 Å². The third-order valence-corrected chi connectivity index (χ3v) is 7.12. The van der Waals surface area contributed by atoms with Crippen LogP contribution in [0, 0.1) is 11.2 Å². The summed E-state index contributed by atoms with van der Waals surface area (Å²) in [6.07, 6.45) is 4.00. The van der Waals surface area contributed by atoms with E-state index in [1.54, 1.807) is 18.0 Å². The Bertz CT molecular complexity index is 680. The standard InChI is InChI=1S/C20H28FNO2S/c1-17(2)12-23-20(24-13-17)10-6-5-9-19(20)14-7-8-16(21)15(11-14)18(3,4)25-22-19/h7-8,11,22H,5-6,9-10,12-13H2,1-4H3/t19-/m1/s1. The van der Waals surface area contributed by atoms with Gasteiger partial charge in [-0.1, -0.05) is 38.3 Å². The van der Waals surface area contributed by atoms with E-state index in [1.165, 1.54) is 0 Å². The smallest absolute Gasteiger partial charge is 0.191 e. The molecule has 25 heavy (non-hydrogen) atoms. The Labute approximate surface area is 154 Å². The highest BCUT2D eigenvalue weighted by Crippen LogP contribution is 2.55. The van der Waals surface area contributed by atoms with Crippen LogP contribution in [-0.2, 0) is 19.8 Å². The molecule has 3 nitrogen and oxygen atoms in total. The lowest BCUT2D eigenvalue weighted by Gasteiger charge is -2.56. The van der Waals surface area contributed by atoms with Crippen LogP contribution in [0.25, 0.3) is 0 Å². The maximum absolute atomic E-state index is 14.5. The molecule has 2 heterocycles. The molecule has 5 heteroatoms. The van der Waals surface area contributed by atoms with Gasteiger partial charge in [-0.15, -0.1) is 0 Å². The summed E-state index contributed by atoms with van der Waals surface area (Å²) in [5.74, 6) is -0.819. The van der Waals surface area contributed by atoms with E-state index in [0.29, 0.717) is 13.2 Å². The van der Waals surface area contributed by atoms with Crippen LogP contribution in [-0.4, -0.2) is 19.0 Å². The largest absolute Gasteiger partial charge is 0.347 e. The molecule has 2 spiro atoms. The minimum absolute atomic E-state index is 0.0228. The number of ether oxygens (including phenoxy) is 2. The first-order valence-corrected chi connectivity index (χ1v) is 10.1. The number of nitrogens with one attached hydrogen (secondary N) is 1. The van der Waals surface area contributed by atoms with Crippen molar-refractivity contribution in [3.05, 3.63) is 35.1 Å². The lowest BCUT2D eigenvalue weighted by molar-refractivity contribution is -0.343. The van der Waals surface area contributed by atoms with Gasteiger partial charge >= 0.3 is 0 Å². The van der Waals surface area contributed by atoms with Gasteiger partial charge in [0.1, 0.15) is 11.4 Å². The van der Waals surface area contributed by atoms with E-state index in [9.17, 15) is 4.39 Å². The zero-order chi connectivity index (χ0) is 17.9. The molecular formula is C20H28FNO2S. The van der Waals surface area contributed by atoms with E-state index in [1.807, 2.05) is 12.1 Å². The molecule has 3 aliphatic rings. The number of fused-ring (bicyclic) bond motifs is 4. The summed E-state index contributed by atoms with van der Waals surface area (Å²) < 4.78 is 30.8. The van der Waals surface area contributed by atoms with E-state index in [2.05, 4.69) is 32.4 Å². The van der Waals surface area contributed by atoms with Crippen LogP contribution in [0.3, 0.4) is 0 Å². The van der Waals surface area contributed by atoms with Crippen molar-refractivity contribution in [3.63, 3.8) is 0 Å². The first-order valence-electron chi connectivity index (χ1n) is 9.24. The minimum Gasteiger partial charge on any atom is -0.347 e. The zero-order valence-corrected chi connectivity index (χ0v) is 16.4. The average molecular weight is 366 g/mol. The molecular weight excluding hydrogens is 337 g/mol. The summed E-state index contributed by atoms with van der Waals surface area (Å²) in [5.41, 5.74) is 1.41. The molecule has 0 aromatic heterocycles. The Morgan fingerprint density at radius 3 is 2.44 bits per heavy atom. The van der Waals surface area contributed by atoms with Crippen molar-refractivity contribution in [3.8, 4) is 0 Å². The van der Waals surface area contributed by atoms with Crippen molar-refractivity contribution < 1.29 is 13.9 Å². The maximum atomic E-state index is 14.5. The second kappa shape index (κ2) is 5.69. The molecule has 1 atom stereocenters. The van der Waals surface area contributed by atoms with Crippen LogP contribution in [0.1, 0.15) is 64.5 Å². The van der Waals surface area contributed by atoms with E-state index >= 15 is 0 Å². The van der Waals surface area contributed by atoms with Crippen molar-refractivity contribution >= 4 is 11.9 Å². The van der Waals surface area contributed by atoms with Gasteiger partial charge in [-0.3, -0.25) is 0 Å². The second-order valence-electron chi connectivity index (χ2n) is 9.02. The first-order chi connectivity index (χ1) is 11.7. The summed E-state index contributed by atoms with van der Waals surface area (Å²) in [5, 5.41) is 0. The predicted octanol–water partition coefficient (Wildman–Crippen LogP) is 4.85. The van der Waals surface area contributed by atoms with Crippen molar-refractivity contribution in [1.29, 1.82) is 0 Å². The fraction of sp³-hybridized carbons (Fsp3) is 0.700. The third-order valence-electron chi connectivity index (χ3n) is 5.94. The molecule has 1 aromatic carbocycles. The van der Waals surface area contributed by atoms with Crippen molar-refractivity contribution in [2.75, 3.05) is 13.2 Å². The zero-order valence-electron chi connectivity index (χ0n) is 15.6. The normalized spacial score (nSPS) is 32.5. The fourth-order valence-electron chi connectivity index (χ4n) is 4.32. The summed E-state index contributed by atoms with van der Waals surface area (Å²) in [6.45, 7) is 9.82. The molecule has 2 bridgehead atoms. The Hall–Kier alpha value is -0.620.